The molecule has 0 radical (unpaired) electrons. The van der Waals surface area contributed by atoms with Gasteiger partial charge in [0.25, 0.3) is 5.56 Å². The van der Waals surface area contributed by atoms with Gasteiger partial charge in [0.15, 0.2) is 4.80 Å². The van der Waals surface area contributed by atoms with Crippen LogP contribution in [0, 0.1) is 13.0 Å². The number of allylic oxidation sites excluding steroid dienone is 1. The Morgan fingerprint density at radius 1 is 1.25 bits per heavy atom. The average Bonchev–Trinajstić information content (AvgIpc) is 3.10. The number of thiazole rings is 1. The van der Waals surface area contributed by atoms with E-state index in [9.17, 15) is 14.0 Å². The third-order valence-corrected chi connectivity index (χ3v) is 7.79. The number of rotatable bonds is 6. The van der Waals surface area contributed by atoms with Crippen molar-refractivity contribution in [1.82, 2.24) is 4.57 Å². The lowest BCUT2D eigenvalue weighted by Gasteiger charge is -2.24. The van der Waals surface area contributed by atoms with Crippen LogP contribution in [0.2, 0.25) is 0 Å². The summed E-state index contributed by atoms with van der Waals surface area (Å²) in [4.78, 5) is 31.8. The van der Waals surface area contributed by atoms with Crippen LogP contribution < -0.4 is 19.6 Å². The minimum absolute atomic E-state index is 0.0415. The van der Waals surface area contributed by atoms with Crippen molar-refractivity contribution in [3.8, 4) is 5.75 Å². The Kier molecular flexibility index (Phi) is 8.35. The summed E-state index contributed by atoms with van der Waals surface area (Å²) in [5.41, 5.74) is 1.80. The summed E-state index contributed by atoms with van der Waals surface area (Å²) in [7, 11) is 0. The summed E-state index contributed by atoms with van der Waals surface area (Å²) in [5, 5.41) is 0. The van der Waals surface area contributed by atoms with Gasteiger partial charge in [-0.15, -0.1) is 0 Å². The molecule has 1 aliphatic heterocycles. The number of esters is 1. The van der Waals surface area contributed by atoms with Crippen molar-refractivity contribution in [3.05, 3.63) is 91.4 Å². The highest BCUT2D eigenvalue weighted by Crippen LogP contribution is 2.32. The van der Waals surface area contributed by atoms with Crippen LogP contribution in [0.3, 0.4) is 0 Å². The van der Waals surface area contributed by atoms with Gasteiger partial charge in [0.1, 0.15) is 11.6 Å². The maximum Gasteiger partial charge on any atom is 0.338 e. The number of fused-ring (bicyclic) bond motifs is 1. The van der Waals surface area contributed by atoms with E-state index < -0.39 is 17.8 Å². The number of halogens is 3. The summed E-state index contributed by atoms with van der Waals surface area (Å²) in [6.07, 6.45) is 1.76. The van der Waals surface area contributed by atoms with Crippen LogP contribution in [0.1, 0.15) is 44.9 Å². The number of nitrogens with zero attached hydrogens (tertiary/aromatic N) is 2. The topological polar surface area (TPSA) is 69.9 Å². The third kappa shape index (κ3) is 5.44. The van der Waals surface area contributed by atoms with E-state index in [2.05, 4.69) is 50.2 Å². The van der Waals surface area contributed by atoms with E-state index in [-0.39, 0.29) is 23.8 Å². The van der Waals surface area contributed by atoms with Gasteiger partial charge in [0.05, 0.1) is 38.1 Å². The van der Waals surface area contributed by atoms with Crippen molar-refractivity contribution in [2.24, 2.45) is 4.99 Å². The van der Waals surface area contributed by atoms with Gasteiger partial charge in [-0.2, -0.15) is 0 Å². The Bertz CT molecular complexity index is 1540. The van der Waals surface area contributed by atoms with Crippen molar-refractivity contribution in [2.75, 3.05) is 6.61 Å². The second kappa shape index (κ2) is 11.1. The highest BCUT2D eigenvalue weighted by molar-refractivity contribution is 14.1. The Hall–Kier alpha value is -2.06. The minimum Gasteiger partial charge on any atom is -0.489 e. The van der Waals surface area contributed by atoms with Crippen molar-refractivity contribution in [2.45, 2.75) is 39.8 Å². The summed E-state index contributed by atoms with van der Waals surface area (Å²) >= 11 is 5.70. The third-order valence-electron chi connectivity index (χ3n) is 5.38. The summed E-state index contributed by atoms with van der Waals surface area (Å²) in [6, 6.07) is 8.97. The number of carbonyl (C=O) groups is 1. The molecule has 1 aromatic heterocycles. The second-order valence-corrected chi connectivity index (χ2v) is 11.7. The minimum atomic E-state index is -0.787. The highest BCUT2D eigenvalue weighted by Gasteiger charge is 2.33. The first-order valence-corrected chi connectivity index (χ1v) is 14.2. The van der Waals surface area contributed by atoms with Crippen molar-refractivity contribution in [3.63, 3.8) is 0 Å². The number of hydrogen-bond acceptors (Lipinski definition) is 6. The zero-order chi connectivity index (χ0) is 26.1. The van der Waals surface area contributed by atoms with E-state index in [1.54, 1.807) is 32.1 Å². The van der Waals surface area contributed by atoms with E-state index >= 15 is 0 Å². The number of hydrogen-bond donors (Lipinski definition) is 0. The molecular weight excluding hydrogens is 709 g/mol. The van der Waals surface area contributed by atoms with Crippen molar-refractivity contribution >= 4 is 68.6 Å². The van der Waals surface area contributed by atoms with Gasteiger partial charge >= 0.3 is 5.97 Å². The predicted octanol–water partition coefficient (Wildman–Crippen LogP) is 4.93. The van der Waals surface area contributed by atoms with Gasteiger partial charge in [-0.1, -0.05) is 23.5 Å². The Balaban J connectivity index is 1.97. The van der Waals surface area contributed by atoms with E-state index in [1.807, 2.05) is 26.0 Å². The fourth-order valence-corrected chi connectivity index (χ4v) is 7.00. The first-order chi connectivity index (χ1) is 17.1. The van der Waals surface area contributed by atoms with Crippen LogP contribution in [0.25, 0.3) is 6.08 Å². The molecule has 0 bridgehead atoms. The van der Waals surface area contributed by atoms with Crippen LogP contribution in [0.4, 0.5) is 4.39 Å². The van der Waals surface area contributed by atoms with Gasteiger partial charge in [-0.25, -0.2) is 14.2 Å². The first-order valence-electron chi connectivity index (χ1n) is 11.2. The molecule has 0 aliphatic carbocycles. The molecule has 0 N–H and O–H groups in total. The molecule has 1 aliphatic rings. The zero-order valence-corrected chi connectivity index (χ0v) is 25.1. The molecule has 188 valence electrons. The Morgan fingerprint density at radius 2 is 1.94 bits per heavy atom. The number of carbonyl (C=O) groups excluding carboxylic acids is 1. The standard InChI is InChI=1S/C26H23FI2N2O4S/c1-5-34-25(33)21-14(4)30-26-31(22(21)15-6-8-17(27)9-7-15)24(32)20(36-26)11-16-10-18(28)12-19(29)23(16)35-13(2)3/h6-13,22H,5H2,1-4H3/b20-11-/t22-/m1/s1. The molecule has 4 rings (SSSR count). The van der Waals surface area contributed by atoms with Crippen molar-refractivity contribution in [1.29, 1.82) is 0 Å². The first kappa shape index (κ1) is 27.0. The molecule has 0 unspecified atom stereocenters. The monoisotopic (exact) mass is 732 g/mol. The van der Waals surface area contributed by atoms with Crippen LogP contribution in [-0.2, 0) is 9.53 Å². The lowest BCUT2D eigenvalue weighted by Crippen LogP contribution is -2.40. The SMILES string of the molecule is CCOC(=O)C1=C(C)N=c2s/c(=C\c3cc(I)cc(I)c3OC(C)C)c(=O)n2[C@@H]1c1ccc(F)cc1. The lowest BCUT2D eigenvalue weighted by molar-refractivity contribution is -0.139. The van der Waals surface area contributed by atoms with Gasteiger partial charge in [-0.3, -0.25) is 9.36 Å². The highest BCUT2D eigenvalue weighted by atomic mass is 127. The molecule has 10 heteroatoms. The van der Waals surface area contributed by atoms with Gasteiger partial charge in [0, 0.05) is 9.13 Å². The summed E-state index contributed by atoms with van der Waals surface area (Å²) in [5.74, 6) is -0.256. The lowest BCUT2D eigenvalue weighted by atomic mass is 9.96. The molecule has 0 spiro atoms. The quantitative estimate of drug-likeness (QED) is 0.267. The maximum absolute atomic E-state index is 13.8. The molecule has 0 saturated heterocycles. The largest absolute Gasteiger partial charge is 0.489 e. The Morgan fingerprint density at radius 3 is 2.58 bits per heavy atom. The van der Waals surface area contributed by atoms with Gasteiger partial charge in [-0.05, 0) is 109 Å². The molecule has 2 aromatic carbocycles. The fourth-order valence-electron chi connectivity index (χ4n) is 3.94. The molecule has 36 heavy (non-hydrogen) atoms. The van der Waals surface area contributed by atoms with Crippen LogP contribution in [0.5, 0.6) is 5.75 Å². The number of aromatic nitrogens is 1. The van der Waals surface area contributed by atoms with E-state index in [0.717, 1.165) is 12.7 Å². The van der Waals surface area contributed by atoms with Gasteiger partial charge in [0.2, 0.25) is 0 Å². The van der Waals surface area contributed by atoms with Crippen molar-refractivity contribution < 1.29 is 18.7 Å². The normalized spacial score (nSPS) is 15.7. The molecule has 3 aromatic rings. The molecule has 0 amide bonds. The van der Waals surface area contributed by atoms with Crippen LogP contribution in [-0.4, -0.2) is 23.2 Å². The molecular formula is C26H23FI2N2O4S. The molecule has 0 saturated carbocycles. The molecule has 1 atom stereocenters. The van der Waals surface area contributed by atoms with Gasteiger partial charge < -0.3 is 9.47 Å². The fraction of sp³-hybridized carbons (Fsp3) is 0.269. The molecule has 0 fully saturated rings. The van der Waals surface area contributed by atoms with E-state index in [0.29, 0.717) is 26.3 Å². The summed E-state index contributed by atoms with van der Waals surface area (Å²) in [6.45, 7) is 7.52. The zero-order valence-electron chi connectivity index (χ0n) is 20.0. The Labute approximate surface area is 238 Å². The maximum atomic E-state index is 13.8. The van der Waals surface area contributed by atoms with E-state index in [4.69, 9.17) is 9.47 Å². The van der Waals surface area contributed by atoms with E-state index in [1.165, 1.54) is 28.0 Å². The number of ether oxygens (including phenoxy) is 2. The smallest absolute Gasteiger partial charge is 0.338 e. The number of benzene rings is 2. The summed E-state index contributed by atoms with van der Waals surface area (Å²) < 4.78 is 29.0. The predicted molar refractivity (Wildman–Crippen MR) is 154 cm³/mol. The second-order valence-electron chi connectivity index (χ2n) is 8.33. The average molecular weight is 732 g/mol. The molecule has 6 nitrogen and oxygen atoms in total. The van der Waals surface area contributed by atoms with Crippen LogP contribution in [0.15, 0.2) is 57.5 Å². The van der Waals surface area contributed by atoms with Crippen LogP contribution >= 0.6 is 56.5 Å². The molecule has 2 heterocycles.